The van der Waals surface area contributed by atoms with Crippen LogP contribution in [0.4, 0.5) is 0 Å². The van der Waals surface area contributed by atoms with Crippen molar-refractivity contribution in [3.8, 4) is 0 Å². The molecule has 1 fully saturated rings. The van der Waals surface area contributed by atoms with Crippen molar-refractivity contribution in [2.45, 2.75) is 39.2 Å². The Bertz CT molecular complexity index is 176. The molecule has 0 aromatic rings. The van der Waals surface area contributed by atoms with Gasteiger partial charge in [0.05, 0.1) is 0 Å². The Morgan fingerprint density at radius 1 is 1.54 bits per heavy atom. The number of nitrogens with one attached hydrogen (secondary N) is 1. The van der Waals surface area contributed by atoms with E-state index in [9.17, 15) is 4.79 Å². The Kier molecular flexibility index (Phi) is 3.72. The van der Waals surface area contributed by atoms with Gasteiger partial charge in [-0.25, -0.2) is 0 Å². The summed E-state index contributed by atoms with van der Waals surface area (Å²) in [4.78, 5) is 11.4. The highest BCUT2D eigenvalue weighted by Crippen LogP contribution is 2.32. The fourth-order valence-electron chi connectivity index (χ4n) is 1.50. The lowest BCUT2D eigenvalue weighted by atomic mass is 10.1. The summed E-state index contributed by atoms with van der Waals surface area (Å²) < 4.78 is 0. The van der Waals surface area contributed by atoms with E-state index in [4.69, 9.17) is 5.73 Å². The number of amides is 1. The standard InChI is InChI=1S/C10H20N2O/c1-7(2)5-10(13)12-9(6-11)8-3-4-8/h7-9H,3-6,11H2,1-2H3,(H,12,13). The van der Waals surface area contributed by atoms with Gasteiger partial charge in [0, 0.05) is 19.0 Å². The van der Waals surface area contributed by atoms with E-state index in [2.05, 4.69) is 5.32 Å². The van der Waals surface area contributed by atoms with Crippen molar-refractivity contribution in [3.05, 3.63) is 0 Å². The van der Waals surface area contributed by atoms with E-state index in [-0.39, 0.29) is 11.9 Å². The topological polar surface area (TPSA) is 55.1 Å². The van der Waals surface area contributed by atoms with E-state index in [1.165, 1.54) is 12.8 Å². The lowest BCUT2D eigenvalue weighted by Crippen LogP contribution is -2.42. The molecule has 0 bridgehead atoms. The zero-order valence-corrected chi connectivity index (χ0v) is 8.55. The van der Waals surface area contributed by atoms with E-state index < -0.39 is 0 Å². The Morgan fingerprint density at radius 3 is 2.54 bits per heavy atom. The molecular weight excluding hydrogens is 164 g/mol. The Morgan fingerprint density at radius 2 is 2.15 bits per heavy atom. The van der Waals surface area contributed by atoms with Crippen LogP contribution in [0.25, 0.3) is 0 Å². The molecule has 1 amide bonds. The van der Waals surface area contributed by atoms with Crippen LogP contribution >= 0.6 is 0 Å². The number of hydrogen-bond acceptors (Lipinski definition) is 2. The van der Waals surface area contributed by atoms with Crippen molar-refractivity contribution in [2.75, 3.05) is 6.54 Å². The second-order valence-electron chi connectivity index (χ2n) is 4.35. The van der Waals surface area contributed by atoms with Gasteiger partial charge in [0.2, 0.25) is 5.91 Å². The lowest BCUT2D eigenvalue weighted by Gasteiger charge is -2.16. The van der Waals surface area contributed by atoms with E-state index in [0.29, 0.717) is 24.8 Å². The summed E-state index contributed by atoms with van der Waals surface area (Å²) >= 11 is 0. The number of rotatable bonds is 5. The van der Waals surface area contributed by atoms with Crippen LogP contribution < -0.4 is 11.1 Å². The zero-order valence-electron chi connectivity index (χ0n) is 8.55. The number of carbonyl (C=O) groups excluding carboxylic acids is 1. The predicted octanol–water partition coefficient (Wildman–Crippen LogP) is 0.886. The molecule has 1 aliphatic carbocycles. The Balaban J connectivity index is 2.24. The second kappa shape index (κ2) is 4.61. The van der Waals surface area contributed by atoms with Gasteiger partial charge in [-0.2, -0.15) is 0 Å². The highest BCUT2D eigenvalue weighted by atomic mass is 16.1. The van der Waals surface area contributed by atoms with Crippen molar-refractivity contribution < 1.29 is 4.79 Å². The van der Waals surface area contributed by atoms with Gasteiger partial charge in [0.1, 0.15) is 0 Å². The summed E-state index contributed by atoms with van der Waals surface area (Å²) in [6, 6.07) is 0.228. The monoisotopic (exact) mass is 184 g/mol. The summed E-state index contributed by atoms with van der Waals surface area (Å²) in [5, 5.41) is 3.00. The van der Waals surface area contributed by atoms with Crippen molar-refractivity contribution in [1.29, 1.82) is 0 Å². The normalized spacial score (nSPS) is 18.8. The highest BCUT2D eigenvalue weighted by molar-refractivity contribution is 5.76. The minimum atomic E-state index is 0.150. The van der Waals surface area contributed by atoms with Crippen LogP contribution in [-0.2, 0) is 4.79 Å². The first-order valence-corrected chi connectivity index (χ1v) is 5.13. The van der Waals surface area contributed by atoms with Gasteiger partial charge < -0.3 is 11.1 Å². The smallest absolute Gasteiger partial charge is 0.220 e. The van der Waals surface area contributed by atoms with Crippen LogP contribution in [0.2, 0.25) is 0 Å². The molecule has 1 aliphatic rings. The summed E-state index contributed by atoms with van der Waals surface area (Å²) in [5.41, 5.74) is 5.58. The van der Waals surface area contributed by atoms with Gasteiger partial charge in [0.15, 0.2) is 0 Å². The van der Waals surface area contributed by atoms with Crippen LogP contribution in [0, 0.1) is 11.8 Å². The molecule has 1 saturated carbocycles. The highest BCUT2D eigenvalue weighted by Gasteiger charge is 2.31. The van der Waals surface area contributed by atoms with Gasteiger partial charge in [0.25, 0.3) is 0 Å². The molecule has 3 N–H and O–H groups in total. The molecule has 0 spiro atoms. The van der Waals surface area contributed by atoms with E-state index >= 15 is 0 Å². The fourth-order valence-corrected chi connectivity index (χ4v) is 1.50. The third-order valence-electron chi connectivity index (χ3n) is 2.39. The zero-order chi connectivity index (χ0) is 9.84. The van der Waals surface area contributed by atoms with Crippen LogP contribution in [0.15, 0.2) is 0 Å². The van der Waals surface area contributed by atoms with Crippen molar-refractivity contribution >= 4 is 5.91 Å². The van der Waals surface area contributed by atoms with E-state index in [1.54, 1.807) is 0 Å². The van der Waals surface area contributed by atoms with Crippen LogP contribution in [0.3, 0.4) is 0 Å². The van der Waals surface area contributed by atoms with Crippen molar-refractivity contribution in [1.82, 2.24) is 5.32 Å². The largest absolute Gasteiger partial charge is 0.352 e. The molecule has 1 atom stereocenters. The SMILES string of the molecule is CC(C)CC(=O)NC(CN)C1CC1. The molecule has 0 aromatic carbocycles. The maximum absolute atomic E-state index is 11.4. The molecule has 0 radical (unpaired) electrons. The van der Waals surface area contributed by atoms with Gasteiger partial charge in [-0.3, -0.25) is 4.79 Å². The second-order valence-corrected chi connectivity index (χ2v) is 4.35. The summed E-state index contributed by atoms with van der Waals surface area (Å²) in [7, 11) is 0. The summed E-state index contributed by atoms with van der Waals surface area (Å²) in [6.45, 7) is 4.68. The van der Waals surface area contributed by atoms with Crippen molar-refractivity contribution in [2.24, 2.45) is 17.6 Å². The maximum atomic E-state index is 11.4. The molecule has 0 heterocycles. The molecule has 0 aliphatic heterocycles. The third kappa shape index (κ3) is 3.77. The first kappa shape index (κ1) is 10.5. The maximum Gasteiger partial charge on any atom is 0.220 e. The summed E-state index contributed by atoms with van der Waals surface area (Å²) in [5.74, 6) is 1.23. The number of nitrogens with two attached hydrogens (primary N) is 1. The van der Waals surface area contributed by atoms with Crippen molar-refractivity contribution in [3.63, 3.8) is 0 Å². The minimum absolute atomic E-state index is 0.150. The van der Waals surface area contributed by atoms with Gasteiger partial charge in [-0.15, -0.1) is 0 Å². The van der Waals surface area contributed by atoms with E-state index in [1.807, 2.05) is 13.8 Å². The average Bonchev–Trinajstić information content (AvgIpc) is 2.81. The Labute approximate surface area is 80.1 Å². The molecule has 76 valence electrons. The van der Waals surface area contributed by atoms with Gasteiger partial charge in [-0.05, 0) is 24.7 Å². The summed E-state index contributed by atoms with van der Waals surface area (Å²) in [6.07, 6.45) is 3.07. The van der Waals surface area contributed by atoms with Gasteiger partial charge >= 0.3 is 0 Å². The molecular formula is C10H20N2O. The quantitative estimate of drug-likeness (QED) is 0.666. The lowest BCUT2D eigenvalue weighted by molar-refractivity contribution is -0.122. The third-order valence-corrected chi connectivity index (χ3v) is 2.39. The molecule has 0 saturated heterocycles. The van der Waals surface area contributed by atoms with Crippen LogP contribution in [-0.4, -0.2) is 18.5 Å². The van der Waals surface area contributed by atoms with Crippen LogP contribution in [0.1, 0.15) is 33.1 Å². The van der Waals surface area contributed by atoms with Gasteiger partial charge in [-0.1, -0.05) is 13.8 Å². The first-order valence-electron chi connectivity index (χ1n) is 5.13. The average molecular weight is 184 g/mol. The molecule has 0 aromatic heterocycles. The number of carbonyl (C=O) groups is 1. The first-order chi connectivity index (χ1) is 6.13. The van der Waals surface area contributed by atoms with E-state index in [0.717, 1.165) is 0 Å². The predicted molar refractivity (Wildman–Crippen MR) is 53.2 cm³/mol. The molecule has 1 rings (SSSR count). The molecule has 3 heteroatoms. The molecule has 3 nitrogen and oxygen atoms in total. The molecule has 13 heavy (non-hydrogen) atoms. The molecule has 1 unspecified atom stereocenters. The minimum Gasteiger partial charge on any atom is -0.352 e. The fraction of sp³-hybridized carbons (Fsp3) is 0.900. The van der Waals surface area contributed by atoms with Crippen LogP contribution in [0.5, 0.6) is 0 Å². The number of hydrogen-bond donors (Lipinski definition) is 2. The Hall–Kier alpha value is -0.570.